The van der Waals surface area contributed by atoms with Crippen molar-refractivity contribution in [2.75, 3.05) is 18.4 Å². The summed E-state index contributed by atoms with van der Waals surface area (Å²) in [6.45, 7) is 7.38. The van der Waals surface area contributed by atoms with Gasteiger partial charge in [-0.3, -0.25) is 0 Å². The van der Waals surface area contributed by atoms with Gasteiger partial charge in [0.15, 0.2) is 12.4 Å². The number of halogens is 1. The molecule has 198 valence electrons. The van der Waals surface area contributed by atoms with Crippen LogP contribution in [0.4, 0.5) is 10.6 Å². The zero-order valence-electron chi connectivity index (χ0n) is 21.7. The highest BCUT2D eigenvalue weighted by molar-refractivity contribution is 6.33. The molecule has 1 aliphatic rings. The molecular formula is C28H31ClN6O3. The van der Waals surface area contributed by atoms with Gasteiger partial charge in [-0.2, -0.15) is 4.73 Å². The lowest BCUT2D eigenvalue weighted by Crippen LogP contribution is -2.41. The van der Waals surface area contributed by atoms with E-state index in [1.54, 1.807) is 17.2 Å². The Morgan fingerprint density at radius 2 is 2.05 bits per heavy atom. The Morgan fingerprint density at radius 3 is 2.79 bits per heavy atom. The van der Waals surface area contributed by atoms with Crippen LogP contribution in [0.5, 0.6) is 0 Å². The lowest BCUT2D eigenvalue weighted by molar-refractivity contribution is -0.605. The van der Waals surface area contributed by atoms with Gasteiger partial charge in [-0.1, -0.05) is 11.6 Å². The Hall–Kier alpha value is -3.85. The van der Waals surface area contributed by atoms with Gasteiger partial charge < -0.3 is 25.1 Å². The Morgan fingerprint density at radius 1 is 1.26 bits per heavy atom. The zero-order chi connectivity index (χ0) is 26.9. The molecule has 4 aromatic rings. The molecule has 5 rings (SSSR count). The fourth-order valence-corrected chi connectivity index (χ4v) is 4.91. The second kappa shape index (κ2) is 10.5. The van der Waals surface area contributed by atoms with Crippen LogP contribution in [0.1, 0.15) is 50.8 Å². The van der Waals surface area contributed by atoms with Gasteiger partial charge in [0.05, 0.1) is 10.7 Å². The monoisotopic (exact) mass is 534 g/mol. The molecule has 38 heavy (non-hydrogen) atoms. The third-order valence-corrected chi connectivity index (χ3v) is 6.86. The molecular weight excluding hydrogens is 504 g/mol. The third kappa shape index (κ3) is 5.83. The van der Waals surface area contributed by atoms with Crippen LogP contribution in [0.3, 0.4) is 0 Å². The molecule has 9 nitrogen and oxygen atoms in total. The van der Waals surface area contributed by atoms with Crippen LogP contribution in [0.15, 0.2) is 55.0 Å². The molecule has 10 heteroatoms. The topological polar surface area (TPSA) is 110 Å². The Balaban J connectivity index is 1.34. The molecule has 0 saturated carbocycles. The molecule has 0 unspecified atom stereocenters. The molecule has 2 N–H and O–H groups in total. The lowest BCUT2D eigenvalue weighted by atomic mass is 9.93. The van der Waals surface area contributed by atoms with E-state index in [1.165, 1.54) is 12.4 Å². The summed E-state index contributed by atoms with van der Waals surface area (Å²) in [4.78, 5) is 27.0. The van der Waals surface area contributed by atoms with Crippen molar-refractivity contribution in [1.29, 1.82) is 0 Å². The van der Waals surface area contributed by atoms with Crippen LogP contribution in [-0.2, 0) is 11.3 Å². The number of anilines is 1. The smallest absolute Gasteiger partial charge is 0.410 e. The molecule has 1 saturated heterocycles. The van der Waals surface area contributed by atoms with Crippen molar-refractivity contribution in [3.05, 3.63) is 76.5 Å². The summed E-state index contributed by atoms with van der Waals surface area (Å²) in [7, 11) is 0. The highest BCUT2D eigenvalue weighted by Crippen LogP contribution is 2.36. The number of fused-ring (bicyclic) bond motifs is 1. The van der Waals surface area contributed by atoms with Crippen LogP contribution < -0.4 is 10.0 Å². The van der Waals surface area contributed by atoms with Crippen LogP contribution >= 0.6 is 11.6 Å². The van der Waals surface area contributed by atoms with Gasteiger partial charge in [0.25, 0.3) is 0 Å². The number of aromatic amines is 1. The molecule has 0 atom stereocenters. The first-order valence-corrected chi connectivity index (χ1v) is 13.1. The van der Waals surface area contributed by atoms with E-state index in [-0.39, 0.29) is 12.0 Å². The molecule has 0 bridgehead atoms. The molecule has 1 aliphatic heterocycles. The van der Waals surface area contributed by atoms with E-state index >= 15 is 0 Å². The summed E-state index contributed by atoms with van der Waals surface area (Å²) in [5, 5.41) is 16.3. The number of hydrogen-bond donors (Lipinski definition) is 2. The number of amides is 1. The highest BCUT2D eigenvalue weighted by atomic mass is 35.5. The molecule has 1 amide bonds. The standard InChI is InChI=1S/C28H31ClN6O3/c1-28(2,3)38-27(36)34-13-9-19(10-14-34)23-15-21-20(8-11-30-26(21)32-23)25-22(29)6-7-24(33-25)31-16-18-5-4-12-35(37)17-18/h4-8,11-12,15,17,19H,9-10,13-14,16H2,1-3H3,(H,30,32)(H,31,33). The van der Waals surface area contributed by atoms with Gasteiger partial charge in [-0.25, -0.2) is 14.8 Å². The number of carbonyl (C=O) groups excluding carboxylic acids is 1. The Bertz CT molecular complexity index is 1460. The molecule has 0 radical (unpaired) electrons. The van der Waals surface area contributed by atoms with Crippen molar-refractivity contribution < 1.29 is 14.3 Å². The van der Waals surface area contributed by atoms with Gasteiger partial charge in [-0.15, -0.1) is 0 Å². The summed E-state index contributed by atoms with van der Waals surface area (Å²) in [5.41, 5.74) is 3.74. The average molecular weight is 535 g/mol. The normalized spacial score (nSPS) is 14.6. The third-order valence-electron chi connectivity index (χ3n) is 6.55. The summed E-state index contributed by atoms with van der Waals surface area (Å²) in [6.07, 6.45) is 6.14. The predicted octanol–water partition coefficient (Wildman–Crippen LogP) is 5.64. The summed E-state index contributed by atoms with van der Waals surface area (Å²) in [6, 6.07) is 11.3. The zero-order valence-corrected chi connectivity index (χ0v) is 22.5. The number of hydrogen-bond acceptors (Lipinski definition) is 6. The van der Waals surface area contributed by atoms with Crippen LogP contribution in [0, 0.1) is 5.21 Å². The highest BCUT2D eigenvalue weighted by Gasteiger charge is 2.28. The number of ether oxygens (including phenoxy) is 1. The summed E-state index contributed by atoms with van der Waals surface area (Å²) in [5.74, 6) is 0.933. The van der Waals surface area contributed by atoms with E-state index in [2.05, 4.69) is 21.4 Å². The number of aromatic nitrogens is 4. The maximum Gasteiger partial charge on any atom is 0.410 e. The minimum atomic E-state index is -0.504. The number of carbonyl (C=O) groups is 1. The Kier molecular flexibility index (Phi) is 7.12. The van der Waals surface area contributed by atoms with Crippen molar-refractivity contribution in [2.24, 2.45) is 0 Å². The molecule has 0 spiro atoms. The first-order chi connectivity index (χ1) is 18.2. The number of pyridine rings is 3. The number of nitrogens with one attached hydrogen (secondary N) is 2. The number of rotatable bonds is 5. The van der Waals surface area contributed by atoms with Crippen molar-refractivity contribution >= 4 is 34.5 Å². The summed E-state index contributed by atoms with van der Waals surface area (Å²) >= 11 is 6.60. The Labute approximate surface area is 226 Å². The average Bonchev–Trinajstić information content (AvgIpc) is 3.32. The SMILES string of the molecule is CC(C)(C)OC(=O)N1CCC(c2cc3c(-c4nc(NCc5ccc[n+]([O-])c5)ccc4Cl)ccnc3[nH]2)CC1. The van der Waals surface area contributed by atoms with Crippen LogP contribution in [0.25, 0.3) is 22.3 Å². The number of likely N-dealkylation sites (tertiary alicyclic amines) is 1. The molecule has 0 aliphatic carbocycles. The van der Waals surface area contributed by atoms with Crippen LogP contribution in [-0.4, -0.2) is 44.6 Å². The molecule has 0 aromatic carbocycles. The minimum Gasteiger partial charge on any atom is -0.619 e. The second-order valence-corrected chi connectivity index (χ2v) is 10.9. The number of nitrogens with zero attached hydrogens (tertiary/aromatic N) is 4. The van der Waals surface area contributed by atoms with Crippen molar-refractivity contribution in [2.45, 2.75) is 51.7 Å². The van der Waals surface area contributed by atoms with Crippen molar-refractivity contribution in [1.82, 2.24) is 19.9 Å². The molecule has 4 aromatic heterocycles. The summed E-state index contributed by atoms with van der Waals surface area (Å²) < 4.78 is 6.30. The van der Waals surface area contributed by atoms with Gasteiger partial charge >= 0.3 is 6.09 Å². The van der Waals surface area contributed by atoms with E-state index < -0.39 is 5.60 Å². The van der Waals surface area contributed by atoms with Gasteiger partial charge in [0.2, 0.25) is 0 Å². The first kappa shape index (κ1) is 25.8. The first-order valence-electron chi connectivity index (χ1n) is 12.7. The number of H-pyrrole nitrogens is 1. The van der Waals surface area contributed by atoms with Gasteiger partial charge in [0, 0.05) is 60.0 Å². The van der Waals surface area contributed by atoms with E-state index in [0.29, 0.717) is 36.2 Å². The van der Waals surface area contributed by atoms with E-state index in [0.717, 1.165) is 45.4 Å². The van der Waals surface area contributed by atoms with E-state index in [9.17, 15) is 10.0 Å². The maximum atomic E-state index is 12.4. The predicted molar refractivity (Wildman–Crippen MR) is 147 cm³/mol. The second-order valence-electron chi connectivity index (χ2n) is 10.5. The molecule has 5 heterocycles. The van der Waals surface area contributed by atoms with Crippen LogP contribution in [0.2, 0.25) is 5.02 Å². The van der Waals surface area contributed by atoms with Crippen molar-refractivity contribution in [3.8, 4) is 11.3 Å². The quantitative estimate of drug-likeness (QED) is 0.253. The molecule has 1 fully saturated rings. The van der Waals surface area contributed by atoms with Gasteiger partial charge in [-0.05, 0) is 63.9 Å². The van der Waals surface area contributed by atoms with Gasteiger partial charge in [0.1, 0.15) is 17.1 Å². The van der Waals surface area contributed by atoms with E-state index in [1.807, 2.05) is 45.0 Å². The fraction of sp³-hybridized carbons (Fsp3) is 0.357. The lowest BCUT2D eigenvalue weighted by Gasteiger charge is -2.33. The fourth-order valence-electron chi connectivity index (χ4n) is 4.70. The minimum absolute atomic E-state index is 0.259. The van der Waals surface area contributed by atoms with E-state index in [4.69, 9.17) is 21.3 Å². The number of piperidine rings is 1. The van der Waals surface area contributed by atoms with Crippen molar-refractivity contribution in [3.63, 3.8) is 0 Å². The maximum absolute atomic E-state index is 12.4. The largest absolute Gasteiger partial charge is 0.619 e.